The van der Waals surface area contributed by atoms with E-state index in [0.717, 1.165) is 0 Å². The first-order chi connectivity index (χ1) is 11.5. The maximum absolute atomic E-state index is 11.5. The Bertz CT molecular complexity index is 842. The van der Waals surface area contributed by atoms with E-state index in [1.807, 2.05) is 18.2 Å². The number of aliphatic hydroxyl groups is 1. The molecule has 0 fully saturated rings. The van der Waals surface area contributed by atoms with E-state index in [4.69, 9.17) is 0 Å². The van der Waals surface area contributed by atoms with Gasteiger partial charge in [0.15, 0.2) is 5.69 Å². The van der Waals surface area contributed by atoms with Crippen LogP contribution >= 0.6 is 0 Å². The molecular weight excluding hydrogens is 306 g/mol. The smallest absolute Gasteiger partial charge is 0.354 e. The van der Waals surface area contributed by atoms with Gasteiger partial charge in [-0.05, 0) is 19.1 Å². The number of aromatic nitrogens is 3. The highest BCUT2D eigenvalue weighted by Gasteiger charge is 2.28. The Morgan fingerprint density at radius 3 is 2.50 bits per heavy atom. The van der Waals surface area contributed by atoms with E-state index in [9.17, 15) is 15.0 Å². The first-order valence-corrected chi connectivity index (χ1v) is 7.49. The van der Waals surface area contributed by atoms with Crippen molar-refractivity contribution in [2.24, 2.45) is 0 Å². The summed E-state index contributed by atoms with van der Waals surface area (Å²) in [6.07, 6.45) is 1.72. The Morgan fingerprint density at radius 2 is 1.88 bits per heavy atom. The van der Waals surface area contributed by atoms with Gasteiger partial charge < -0.3 is 15.2 Å². The third-order valence-electron chi connectivity index (χ3n) is 3.74. The largest absolute Gasteiger partial charge is 0.477 e. The van der Waals surface area contributed by atoms with Gasteiger partial charge in [0.05, 0.1) is 5.69 Å². The third kappa shape index (κ3) is 3.18. The number of aromatic amines is 1. The fraction of sp³-hybridized carbons (Fsp3) is 0.167. The highest BCUT2D eigenvalue weighted by molar-refractivity contribution is 5.92. The Labute approximate surface area is 138 Å². The Balaban J connectivity index is 1.97. The molecule has 1 unspecified atom stereocenters. The lowest BCUT2D eigenvalue weighted by Crippen LogP contribution is -2.26. The number of benzene rings is 1. The number of H-pyrrole nitrogens is 1. The molecule has 2 aromatic heterocycles. The lowest BCUT2D eigenvalue weighted by molar-refractivity contribution is 0.0508. The third-order valence-corrected chi connectivity index (χ3v) is 3.74. The van der Waals surface area contributed by atoms with Crippen LogP contribution in [0.5, 0.6) is 0 Å². The monoisotopic (exact) mass is 323 g/mol. The molecule has 6 nitrogen and oxygen atoms in total. The van der Waals surface area contributed by atoms with Gasteiger partial charge in [-0.25, -0.2) is 9.78 Å². The van der Waals surface area contributed by atoms with Crippen molar-refractivity contribution in [3.8, 4) is 11.3 Å². The fourth-order valence-corrected chi connectivity index (χ4v) is 2.56. The molecule has 1 aromatic carbocycles. The number of imidazole rings is 1. The van der Waals surface area contributed by atoms with Gasteiger partial charge in [0, 0.05) is 18.2 Å². The van der Waals surface area contributed by atoms with Gasteiger partial charge >= 0.3 is 5.97 Å². The second-order valence-corrected chi connectivity index (χ2v) is 5.74. The predicted molar refractivity (Wildman–Crippen MR) is 88.5 cm³/mol. The molecule has 6 heteroatoms. The predicted octanol–water partition coefficient (Wildman–Crippen LogP) is 2.62. The van der Waals surface area contributed by atoms with E-state index >= 15 is 0 Å². The van der Waals surface area contributed by atoms with Crippen LogP contribution in [0, 0.1) is 0 Å². The maximum atomic E-state index is 11.5. The summed E-state index contributed by atoms with van der Waals surface area (Å²) in [5.41, 5.74) is 0.306. The van der Waals surface area contributed by atoms with Crippen molar-refractivity contribution in [2.45, 2.75) is 18.9 Å². The molecule has 0 spiro atoms. The number of hydrogen-bond acceptors (Lipinski definition) is 4. The van der Waals surface area contributed by atoms with Crippen molar-refractivity contribution >= 4 is 5.97 Å². The van der Waals surface area contributed by atoms with Crippen LogP contribution in [0.15, 0.2) is 54.7 Å². The van der Waals surface area contributed by atoms with E-state index in [1.54, 1.807) is 43.5 Å². The molecule has 24 heavy (non-hydrogen) atoms. The number of hydrogen-bond donors (Lipinski definition) is 3. The summed E-state index contributed by atoms with van der Waals surface area (Å²) in [6, 6.07) is 14.4. The first kappa shape index (κ1) is 15.9. The summed E-state index contributed by atoms with van der Waals surface area (Å²) in [4.78, 5) is 22.9. The van der Waals surface area contributed by atoms with E-state index in [2.05, 4.69) is 15.0 Å². The van der Waals surface area contributed by atoms with Gasteiger partial charge in [-0.15, -0.1) is 0 Å². The second-order valence-electron chi connectivity index (χ2n) is 5.74. The van der Waals surface area contributed by atoms with Crippen molar-refractivity contribution in [1.82, 2.24) is 15.0 Å². The summed E-state index contributed by atoms with van der Waals surface area (Å²) in [6.45, 7) is 1.63. The van der Waals surface area contributed by atoms with E-state index in [-0.39, 0.29) is 12.1 Å². The zero-order valence-electron chi connectivity index (χ0n) is 13.1. The second kappa shape index (κ2) is 6.25. The van der Waals surface area contributed by atoms with Crippen LogP contribution in [0.3, 0.4) is 0 Å². The average molecular weight is 323 g/mol. The number of carbonyl (C=O) groups is 1. The lowest BCUT2D eigenvalue weighted by atomic mass is 9.97. The minimum atomic E-state index is -1.26. The van der Waals surface area contributed by atoms with Crippen LogP contribution < -0.4 is 0 Å². The maximum Gasteiger partial charge on any atom is 0.354 e. The summed E-state index contributed by atoms with van der Waals surface area (Å²) in [5, 5.41) is 20.1. The number of carboxylic acids is 1. The lowest BCUT2D eigenvalue weighted by Gasteiger charge is -2.21. The molecule has 122 valence electrons. The first-order valence-electron chi connectivity index (χ1n) is 7.49. The molecule has 0 aliphatic carbocycles. The number of carboxylic acid groups (broad SMARTS) is 1. The molecule has 0 amide bonds. The Kier molecular flexibility index (Phi) is 4.14. The van der Waals surface area contributed by atoms with Crippen molar-refractivity contribution < 1.29 is 15.0 Å². The van der Waals surface area contributed by atoms with Crippen LogP contribution in [0.1, 0.15) is 28.9 Å². The molecule has 0 saturated heterocycles. The highest BCUT2D eigenvalue weighted by Crippen LogP contribution is 2.26. The standard InChI is InChI=1S/C18H17N3O3/c1-18(24,13-9-5-6-10-19-13)11-14-20-15(16(21-14)17(22)23)12-7-3-2-4-8-12/h2-10,24H,11H2,1H3,(H,20,21)(H,22,23). The quantitative estimate of drug-likeness (QED) is 0.670. The molecule has 0 bridgehead atoms. The van der Waals surface area contributed by atoms with Crippen molar-refractivity contribution in [3.05, 3.63) is 71.9 Å². The highest BCUT2D eigenvalue weighted by atomic mass is 16.4. The molecular formula is C18H17N3O3. The van der Waals surface area contributed by atoms with Gasteiger partial charge in [0.2, 0.25) is 0 Å². The van der Waals surface area contributed by atoms with Crippen molar-refractivity contribution in [3.63, 3.8) is 0 Å². The molecule has 0 radical (unpaired) electrons. The molecule has 0 aliphatic heterocycles. The molecule has 0 saturated carbocycles. The van der Waals surface area contributed by atoms with Crippen LogP contribution in [0.4, 0.5) is 0 Å². The zero-order valence-corrected chi connectivity index (χ0v) is 13.1. The zero-order chi connectivity index (χ0) is 17.2. The van der Waals surface area contributed by atoms with E-state index in [1.165, 1.54) is 0 Å². The van der Waals surface area contributed by atoms with Crippen LogP contribution in [0.2, 0.25) is 0 Å². The van der Waals surface area contributed by atoms with Crippen molar-refractivity contribution in [1.29, 1.82) is 0 Å². The van der Waals surface area contributed by atoms with Crippen LogP contribution in [0.25, 0.3) is 11.3 Å². The minimum absolute atomic E-state index is 0.00743. The van der Waals surface area contributed by atoms with Crippen LogP contribution in [-0.4, -0.2) is 31.1 Å². The fourth-order valence-electron chi connectivity index (χ4n) is 2.56. The van der Waals surface area contributed by atoms with Gasteiger partial charge in [-0.2, -0.15) is 0 Å². The summed E-state index contributed by atoms with van der Waals surface area (Å²) in [5.74, 6) is -0.702. The molecule has 0 aliphatic rings. The number of rotatable bonds is 5. The van der Waals surface area contributed by atoms with Gasteiger partial charge in [-0.1, -0.05) is 36.4 Å². The number of aromatic carboxylic acids is 1. The number of nitrogens with one attached hydrogen (secondary N) is 1. The molecule has 1 atom stereocenters. The Hall–Kier alpha value is -2.99. The van der Waals surface area contributed by atoms with Gasteiger partial charge in [0.25, 0.3) is 0 Å². The van der Waals surface area contributed by atoms with Gasteiger partial charge in [-0.3, -0.25) is 4.98 Å². The molecule has 3 rings (SSSR count). The summed E-state index contributed by atoms with van der Waals surface area (Å²) >= 11 is 0. The average Bonchev–Trinajstić information content (AvgIpc) is 3.00. The molecule has 3 N–H and O–H groups in total. The van der Waals surface area contributed by atoms with Crippen LogP contribution in [-0.2, 0) is 12.0 Å². The summed E-state index contributed by atoms with van der Waals surface area (Å²) < 4.78 is 0. The topological polar surface area (TPSA) is 99.1 Å². The Morgan fingerprint density at radius 1 is 1.17 bits per heavy atom. The number of pyridine rings is 1. The SMILES string of the molecule is CC(O)(Cc1nc(-c2ccccc2)c(C(=O)O)[nH]1)c1ccccn1. The molecule has 2 heterocycles. The van der Waals surface area contributed by atoms with Crippen molar-refractivity contribution in [2.75, 3.05) is 0 Å². The normalized spacial score (nSPS) is 13.4. The van der Waals surface area contributed by atoms with E-state index in [0.29, 0.717) is 22.8 Å². The molecule has 3 aromatic rings. The van der Waals surface area contributed by atoms with Gasteiger partial charge in [0.1, 0.15) is 17.1 Å². The van der Waals surface area contributed by atoms with E-state index < -0.39 is 11.6 Å². The number of nitrogens with zero attached hydrogens (tertiary/aromatic N) is 2. The summed E-state index contributed by atoms with van der Waals surface area (Å²) in [7, 11) is 0. The minimum Gasteiger partial charge on any atom is -0.477 e.